The molecule has 0 bridgehead atoms. The van der Waals surface area contributed by atoms with E-state index in [4.69, 9.17) is 4.98 Å². The largest absolute Gasteiger partial charge is 0.383 e. The summed E-state index contributed by atoms with van der Waals surface area (Å²) in [5.41, 5.74) is 3.93. The van der Waals surface area contributed by atoms with Crippen molar-refractivity contribution in [1.29, 1.82) is 0 Å². The molecule has 134 valence electrons. The van der Waals surface area contributed by atoms with E-state index in [1.165, 1.54) is 5.56 Å². The minimum atomic E-state index is -0.00911. The second-order valence-electron chi connectivity index (χ2n) is 6.57. The number of para-hydroxylation sites is 1. The van der Waals surface area contributed by atoms with Crippen molar-refractivity contribution >= 4 is 16.6 Å². The molecular formula is C23H21N3O. The first kappa shape index (κ1) is 17.0. The highest BCUT2D eigenvalue weighted by atomic mass is 16.1. The zero-order valence-electron chi connectivity index (χ0n) is 15.2. The summed E-state index contributed by atoms with van der Waals surface area (Å²) in [7, 11) is 0. The number of hydrogen-bond acceptors (Lipinski definition) is 3. The van der Waals surface area contributed by atoms with E-state index in [1.807, 2.05) is 54.6 Å². The summed E-state index contributed by atoms with van der Waals surface area (Å²) in [5, 5.41) is 4.03. The van der Waals surface area contributed by atoms with Gasteiger partial charge in [0.1, 0.15) is 5.82 Å². The normalized spacial score (nSPS) is 10.9. The van der Waals surface area contributed by atoms with Gasteiger partial charge in [-0.15, -0.1) is 0 Å². The van der Waals surface area contributed by atoms with Gasteiger partial charge in [-0.3, -0.25) is 9.36 Å². The van der Waals surface area contributed by atoms with E-state index in [0.717, 1.165) is 16.8 Å². The number of anilines is 1. The van der Waals surface area contributed by atoms with Crippen molar-refractivity contribution < 1.29 is 0 Å². The van der Waals surface area contributed by atoms with Crippen LogP contribution >= 0.6 is 0 Å². The van der Waals surface area contributed by atoms with Crippen LogP contribution in [0.5, 0.6) is 0 Å². The number of rotatable bonds is 5. The van der Waals surface area contributed by atoms with E-state index in [2.05, 4.69) is 36.5 Å². The Morgan fingerprint density at radius 2 is 1.59 bits per heavy atom. The molecule has 0 aliphatic carbocycles. The van der Waals surface area contributed by atoms with Gasteiger partial charge in [-0.25, -0.2) is 4.98 Å². The Balaban J connectivity index is 1.70. The van der Waals surface area contributed by atoms with E-state index < -0.39 is 0 Å². The second-order valence-corrected chi connectivity index (χ2v) is 6.57. The van der Waals surface area contributed by atoms with E-state index in [-0.39, 0.29) is 5.56 Å². The smallest absolute Gasteiger partial charge is 0.261 e. The van der Waals surface area contributed by atoms with Gasteiger partial charge in [0.2, 0.25) is 0 Å². The lowest BCUT2D eigenvalue weighted by atomic mass is 10.2. The van der Waals surface area contributed by atoms with Crippen LogP contribution < -0.4 is 10.9 Å². The molecule has 4 rings (SSSR count). The van der Waals surface area contributed by atoms with Gasteiger partial charge >= 0.3 is 0 Å². The molecule has 0 radical (unpaired) electrons. The van der Waals surface area contributed by atoms with E-state index in [9.17, 15) is 4.79 Å². The molecule has 0 unspecified atom stereocenters. The van der Waals surface area contributed by atoms with Crippen LogP contribution in [0, 0.1) is 6.92 Å². The highest BCUT2D eigenvalue weighted by molar-refractivity contribution is 5.79. The molecular weight excluding hydrogens is 334 g/mol. The molecule has 0 saturated carbocycles. The number of nitrogens with one attached hydrogen (secondary N) is 1. The van der Waals surface area contributed by atoms with Crippen molar-refractivity contribution in [2.75, 3.05) is 11.9 Å². The van der Waals surface area contributed by atoms with Gasteiger partial charge in [0, 0.05) is 24.3 Å². The Bertz CT molecular complexity index is 1120. The van der Waals surface area contributed by atoms with Gasteiger partial charge in [-0.2, -0.15) is 0 Å². The lowest BCUT2D eigenvalue weighted by Gasteiger charge is -2.15. The molecule has 0 fully saturated rings. The van der Waals surface area contributed by atoms with Crippen LogP contribution in [0.1, 0.15) is 5.56 Å². The van der Waals surface area contributed by atoms with Gasteiger partial charge in [-0.1, -0.05) is 60.2 Å². The van der Waals surface area contributed by atoms with Gasteiger partial charge in [-0.05, 0) is 31.2 Å². The number of aryl methyl sites for hydroxylation is 1. The second kappa shape index (κ2) is 7.46. The van der Waals surface area contributed by atoms with Crippen molar-refractivity contribution in [2.24, 2.45) is 0 Å². The minimum absolute atomic E-state index is 0.00911. The Hall–Kier alpha value is -3.40. The summed E-state index contributed by atoms with van der Waals surface area (Å²) in [6, 6.07) is 25.6. The molecule has 1 N–H and O–H groups in total. The van der Waals surface area contributed by atoms with Crippen LogP contribution in [-0.2, 0) is 6.54 Å². The fraction of sp³-hybridized carbons (Fsp3) is 0.130. The van der Waals surface area contributed by atoms with Crippen LogP contribution in [0.3, 0.4) is 0 Å². The lowest BCUT2D eigenvalue weighted by molar-refractivity contribution is 0.699. The molecule has 4 heteroatoms. The molecule has 0 atom stereocenters. The van der Waals surface area contributed by atoms with E-state index >= 15 is 0 Å². The van der Waals surface area contributed by atoms with Crippen LogP contribution in [-0.4, -0.2) is 16.1 Å². The molecule has 4 aromatic rings. The topological polar surface area (TPSA) is 46.9 Å². The molecule has 0 amide bonds. The van der Waals surface area contributed by atoms with Crippen LogP contribution in [0.4, 0.5) is 5.69 Å². The maximum atomic E-state index is 13.1. The third kappa shape index (κ3) is 3.60. The lowest BCUT2D eigenvalue weighted by Crippen LogP contribution is -2.26. The van der Waals surface area contributed by atoms with Gasteiger partial charge in [0.25, 0.3) is 5.56 Å². The number of nitrogens with zero attached hydrogens (tertiary/aromatic N) is 2. The van der Waals surface area contributed by atoms with E-state index in [1.54, 1.807) is 4.57 Å². The Labute approximate surface area is 158 Å². The van der Waals surface area contributed by atoms with Crippen LogP contribution in [0.2, 0.25) is 0 Å². The van der Waals surface area contributed by atoms with Crippen molar-refractivity contribution in [3.8, 4) is 11.4 Å². The molecule has 0 aliphatic heterocycles. The predicted octanol–water partition coefficient (Wildman–Crippen LogP) is 4.48. The zero-order valence-corrected chi connectivity index (χ0v) is 15.2. The number of aromatic nitrogens is 2. The molecule has 0 aliphatic rings. The molecule has 27 heavy (non-hydrogen) atoms. The van der Waals surface area contributed by atoms with E-state index in [0.29, 0.717) is 24.3 Å². The van der Waals surface area contributed by atoms with Gasteiger partial charge in [0.05, 0.1) is 10.9 Å². The van der Waals surface area contributed by atoms with Crippen LogP contribution in [0.25, 0.3) is 22.3 Å². The summed E-state index contributed by atoms with van der Waals surface area (Å²) in [6.07, 6.45) is 0. The Kier molecular flexibility index (Phi) is 4.71. The molecule has 0 saturated heterocycles. The summed E-state index contributed by atoms with van der Waals surface area (Å²) in [6.45, 7) is 3.24. The van der Waals surface area contributed by atoms with Crippen molar-refractivity contribution in [1.82, 2.24) is 9.55 Å². The zero-order chi connectivity index (χ0) is 18.6. The average Bonchev–Trinajstić information content (AvgIpc) is 2.71. The van der Waals surface area contributed by atoms with Crippen molar-refractivity contribution in [3.05, 3.63) is 94.8 Å². The predicted molar refractivity (Wildman–Crippen MR) is 111 cm³/mol. The molecule has 0 spiro atoms. The minimum Gasteiger partial charge on any atom is -0.383 e. The van der Waals surface area contributed by atoms with Gasteiger partial charge in [0.15, 0.2) is 0 Å². The Morgan fingerprint density at radius 3 is 2.37 bits per heavy atom. The maximum Gasteiger partial charge on any atom is 0.261 e. The molecule has 1 aromatic heterocycles. The number of benzene rings is 3. The third-order valence-corrected chi connectivity index (χ3v) is 4.61. The fourth-order valence-corrected chi connectivity index (χ4v) is 3.17. The summed E-state index contributed by atoms with van der Waals surface area (Å²) >= 11 is 0. The maximum absolute atomic E-state index is 13.1. The number of fused-ring (bicyclic) bond motifs is 1. The number of hydrogen-bond donors (Lipinski definition) is 1. The first-order chi connectivity index (χ1) is 13.2. The first-order valence-corrected chi connectivity index (χ1v) is 9.08. The third-order valence-electron chi connectivity index (χ3n) is 4.61. The van der Waals surface area contributed by atoms with Gasteiger partial charge < -0.3 is 5.32 Å². The average molecular weight is 355 g/mol. The summed E-state index contributed by atoms with van der Waals surface area (Å²) in [5.74, 6) is 0.699. The van der Waals surface area contributed by atoms with Crippen molar-refractivity contribution in [3.63, 3.8) is 0 Å². The quantitative estimate of drug-likeness (QED) is 0.574. The molecule has 4 nitrogen and oxygen atoms in total. The Morgan fingerprint density at radius 1 is 0.889 bits per heavy atom. The highest BCUT2D eigenvalue weighted by Crippen LogP contribution is 2.18. The first-order valence-electron chi connectivity index (χ1n) is 9.08. The standard InChI is InChI=1S/C23H21N3O/c1-17-11-13-19(14-12-17)24-15-16-26-22(18-7-3-2-4-8-18)25-21-10-6-5-9-20(21)23(26)27/h2-14,24H,15-16H2,1H3. The van der Waals surface area contributed by atoms with Crippen LogP contribution in [0.15, 0.2) is 83.7 Å². The SMILES string of the molecule is Cc1ccc(NCCn2c(-c3ccccc3)nc3ccccc3c2=O)cc1. The monoisotopic (exact) mass is 355 g/mol. The molecule has 1 heterocycles. The van der Waals surface area contributed by atoms with Crippen molar-refractivity contribution in [2.45, 2.75) is 13.5 Å². The fourth-order valence-electron chi connectivity index (χ4n) is 3.17. The highest BCUT2D eigenvalue weighted by Gasteiger charge is 2.12. The summed E-state index contributed by atoms with van der Waals surface area (Å²) in [4.78, 5) is 17.9. The molecule has 3 aromatic carbocycles. The summed E-state index contributed by atoms with van der Waals surface area (Å²) < 4.78 is 1.76.